The Morgan fingerprint density at radius 2 is 2.05 bits per heavy atom. The minimum absolute atomic E-state index is 0.195. The molecule has 0 saturated carbocycles. The summed E-state index contributed by atoms with van der Waals surface area (Å²) in [6.07, 6.45) is 0.0521. The fraction of sp³-hybridized carbons (Fsp3) is 0.167. The molecular weight excluding hydrogens is 323 g/mol. The van der Waals surface area contributed by atoms with Crippen LogP contribution in [0, 0.1) is 0 Å². The molecule has 0 aliphatic rings. The Balaban J connectivity index is 2.21. The van der Waals surface area contributed by atoms with Gasteiger partial charge in [0, 0.05) is 29.6 Å². The van der Waals surface area contributed by atoms with Crippen LogP contribution in [-0.4, -0.2) is 9.97 Å². The summed E-state index contributed by atoms with van der Waals surface area (Å²) in [5.41, 5.74) is -0.0221. The van der Waals surface area contributed by atoms with E-state index in [0.717, 1.165) is 11.6 Å². The summed E-state index contributed by atoms with van der Waals surface area (Å²) in [5, 5.41) is 2.67. The van der Waals surface area contributed by atoms with E-state index in [-0.39, 0.29) is 16.8 Å². The Hall–Kier alpha value is -1.63. The molecule has 0 bridgehead atoms. The van der Waals surface area contributed by atoms with Crippen molar-refractivity contribution in [2.24, 2.45) is 0 Å². The van der Waals surface area contributed by atoms with Gasteiger partial charge in [0.1, 0.15) is 5.82 Å². The van der Waals surface area contributed by atoms with Crippen LogP contribution in [0.15, 0.2) is 41.3 Å². The average Bonchev–Trinajstić information content (AvgIpc) is 2.37. The minimum Gasteiger partial charge on any atom is -0.365 e. The number of pyridine rings is 2. The predicted octanol–water partition coefficient (Wildman–Crippen LogP) is 3.87. The third-order valence-electron chi connectivity index (χ3n) is 2.34. The molecule has 2 aromatic rings. The van der Waals surface area contributed by atoms with Crippen molar-refractivity contribution in [2.75, 3.05) is 5.32 Å². The Bertz CT molecular complexity index is 558. The molecule has 0 fully saturated rings. The molecule has 7 heteroatoms. The maximum Gasteiger partial charge on any atom is 0.419 e. The summed E-state index contributed by atoms with van der Waals surface area (Å²) in [4.78, 5) is 7.65. The molecule has 1 N–H and O–H groups in total. The van der Waals surface area contributed by atoms with Crippen molar-refractivity contribution in [1.29, 1.82) is 0 Å². The summed E-state index contributed by atoms with van der Waals surface area (Å²) in [5.74, 6) is -0.195. The molecule has 100 valence electrons. The van der Waals surface area contributed by atoms with Crippen LogP contribution in [0.25, 0.3) is 0 Å². The zero-order valence-electron chi connectivity index (χ0n) is 9.58. The van der Waals surface area contributed by atoms with Gasteiger partial charge in [-0.15, -0.1) is 0 Å². The van der Waals surface area contributed by atoms with Crippen LogP contribution >= 0.6 is 15.9 Å². The van der Waals surface area contributed by atoms with Gasteiger partial charge in [0.2, 0.25) is 0 Å². The van der Waals surface area contributed by atoms with Gasteiger partial charge < -0.3 is 5.32 Å². The van der Waals surface area contributed by atoms with Crippen molar-refractivity contribution in [3.05, 3.63) is 52.4 Å². The van der Waals surface area contributed by atoms with Crippen molar-refractivity contribution >= 4 is 21.7 Å². The lowest BCUT2D eigenvalue weighted by Crippen LogP contribution is -2.12. The van der Waals surface area contributed by atoms with Crippen molar-refractivity contribution in [3.8, 4) is 0 Å². The van der Waals surface area contributed by atoms with E-state index in [4.69, 9.17) is 0 Å². The van der Waals surface area contributed by atoms with E-state index in [1.165, 1.54) is 6.20 Å². The molecule has 3 nitrogen and oxygen atoms in total. The molecular formula is C12H9BrF3N3. The first kappa shape index (κ1) is 13.8. The first-order chi connectivity index (χ1) is 8.97. The summed E-state index contributed by atoms with van der Waals surface area (Å²) in [7, 11) is 0. The fourth-order valence-electron chi connectivity index (χ4n) is 1.48. The highest BCUT2D eigenvalue weighted by Crippen LogP contribution is 2.35. The van der Waals surface area contributed by atoms with Crippen LogP contribution in [0.2, 0.25) is 0 Å². The Kier molecular flexibility index (Phi) is 4.04. The lowest BCUT2D eigenvalue weighted by molar-refractivity contribution is -0.137. The van der Waals surface area contributed by atoms with Gasteiger partial charge in [-0.3, -0.25) is 4.98 Å². The van der Waals surface area contributed by atoms with E-state index in [0.29, 0.717) is 0 Å². The molecule has 0 radical (unpaired) electrons. The van der Waals surface area contributed by atoms with Crippen LogP contribution in [-0.2, 0) is 12.7 Å². The second-order valence-electron chi connectivity index (χ2n) is 3.76. The van der Waals surface area contributed by atoms with Crippen LogP contribution < -0.4 is 5.32 Å². The van der Waals surface area contributed by atoms with Gasteiger partial charge in [-0.05, 0) is 33.6 Å². The lowest BCUT2D eigenvalue weighted by Gasteiger charge is -2.13. The highest BCUT2D eigenvalue weighted by molar-refractivity contribution is 9.10. The normalized spacial score (nSPS) is 11.4. The van der Waals surface area contributed by atoms with E-state index in [2.05, 4.69) is 31.2 Å². The number of hydrogen-bond acceptors (Lipinski definition) is 3. The Labute approximate surface area is 116 Å². The third-order valence-corrected chi connectivity index (χ3v) is 2.78. The number of rotatable bonds is 3. The number of nitrogens with one attached hydrogen (secondary N) is 1. The van der Waals surface area contributed by atoms with Crippen LogP contribution in [0.3, 0.4) is 0 Å². The topological polar surface area (TPSA) is 37.8 Å². The number of aromatic nitrogens is 2. The number of halogens is 4. The number of alkyl halides is 3. The van der Waals surface area contributed by atoms with Gasteiger partial charge in [0.15, 0.2) is 0 Å². The van der Waals surface area contributed by atoms with E-state index < -0.39 is 11.7 Å². The Morgan fingerprint density at radius 3 is 2.68 bits per heavy atom. The number of hydrogen-bond donors (Lipinski definition) is 1. The Morgan fingerprint density at radius 1 is 1.26 bits per heavy atom. The lowest BCUT2D eigenvalue weighted by atomic mass is 10.2. The van der Waals surface area contributed by atoms with Crippen LogP contribution in [0.5, 0.6) is 0 Å². The quantitative estimate of drug-likeness (QED) is 0.927. The van der Waals surface area contributed by atoms with E-state index in [9.17, 15) is 13.2 Å². The van der Waals surface area contributed by atoms with Crippen LogP contribution in [0.4, 0.5) is 19.0 Å². The number of nitrogens with zero attached hydrogens (tertiary/aromatic N) is 2. The van der Waals surface area contributed by atoms with Gasteiger partial charge in [0.05, 0.1) is 5.56 Å². The second kappa shape index (κ2) is 5.56. The SMILES string of the molecule is FC(F)(F)c1cc(Br)cnc1NCc1cccnc1. The van der Waals surface area contributed by atoms with Gasteiger partial charge in [-0.1, -0.05) is 6.07 Å². The molecule has 19 heavy (non-hydrogen) atoms. The van der Waals surface area contributed by atoms with Crippen molar-refractivity contribution < 1.29 is 13.2 Å². The standard InChI is InChI=1S/C12H9BrF3N3/c13-9-4-10(12(14,15)16)11(19-7-9)18-6-8-2-1-3-17-5-8/h1-5,7H,6H2,(H,18,19). The zero-order valence-corrected chi connectivity index (χ0v) is 11.2. The monoisotopic (exact) mass is 331 g/mol. The van der Waals surface area contributed by atoms with E-state index in [1.807, 2.05) is 0 Å². The molecule has 0 atom stereocenters. The smallest absolute Gasteiger partial charge is 0.365 e. The summed E-state index contributed by atoms with van der Waals surface area (Å²) < 4.78 is 38.8. The van der Waals surface area contributed by atoms with Gasteiger partial charge in [-0.2, -0.15) is 13.2 Å². The largest absolute Gasteiger partial charge is 0.419 e. The molecule has 2 rings (SSSR count). The molecule has 0 unspecified atom stereocenters. The van der Waals surface area contributed by atoms with Crippen molar-refractivity contribution in [2.45, 2.75) is 12.7 Å². The molecule has 0 spiro atoms. The second-order valence-corrected chi connectivity index (χ2v) is 4.68. The zero-order chi connectivity index (χ0) is 13.9. The van der Waals surface area contributed by atoms with Crippen molar-refractivity contribution in [3.63, 3.8) is 0 Å². The van der Waals surface area contributed by atoms with Gasteiger partial charge in [0.25, 0.3) is 0 Å². The first-order valence-electron chi connectivity index (χ1n) is 5.32. The maximum atomic E-state index is 12.8. The molecule has 0 aliphatic carbocycles. The summed E-state index contributed by atoms with van der Waals surface area (Å²) in [6.45, 7) is 0.228. The predicted molar refractivity (Wildman–Crippen MR) is 68.5 cm³/mol. The van der Waals surface area contributed by atoms with E-state index >= 15 is 0 Å². The van der Waals surface area contributed by atoms with E-state index in [1.54, 1.807) is 24.5 Å². The van der Waals surface area contributed by atoms with Gasteiger partial charge >= 0.3 is 6.18 Å². The molecule has 0 saturated heterocycles. The average molecular weight is 332 g/mol. The molecule has 0 aliphatic heterocycles. The summed E-state index contributed by atoms with van der Waals surface area (Å²) in [6, 6.07) is 4.49. The van der Waals surface area contributed by atoms with Crippen LogP contribution in [0.1, 0.15) is 11.1 Å². The highest BCUT2D eigenvalue weighted by atomic mass is 79.9. The minimum atomic E-state index is -4.45. The van der Waals surface area contributed by atoms with Gasteiger partial charge in [-0.25, -0.2) is 4.98 Å². The first-order valence-corrected chi connectivity index (χ1v) is 6.11. The van der Waals surface area contributed by atoms with Crippen molar-refractivity contribution in [1.82, 2.24) is 9.97 Å². The number of anilines is 1. The highest BCUT2D eigenvalue weighted by Gasteiger charge is 2.34. The molecule has 0 amide bonds. The fourth-order valence-corrected chi connectivity index (χ4v) is 1.82. The molecule has 2 heterocycles. The maximum absolute atomic E-state index is 12.8. The molecule has 2 aromatic heterocycles. The molecule has 0 aromatic carbocycles. The third kappa shape index (κ3) is 3.66. The summed E-state index contributed by atoms with van der Waals surface area (Å²) >= 11 is 2.98.